The monoisotopic (exact) mass is 792 g/mol. The van der Waals surface area contributed by atoms with Gasteiger partial charge in [0.2, 0.25) is 0 Å². The molecule has 14 nitrogen and oxygen atoms in total. The van der Waals surface area contributed by atoms with Crippen molar-refractivity contribution in [2.75, 3.05) is 0 Å². The van der Waals surface area contributed by atoms with E-state index in [9.17, 15) is 59.4 Å². The Balaban J connectivity index is -0.000000120. The van der Waals surface area contributed by atoms with Gasteiger partial charge in [0.15, 0.2) is 0 Å². The van der Waals surface area contributed by atoms with Gasteiger partial charge in [0.25, 0.3) is 0 Å². The number of hydrogen-bond acceptors (Lipinski definition) is 14. The number of carboxylic acids is 6. The standard InChI is InChI=1S/2C6H8O7.3Ba/c2*7-3(8)1-6(13,5(11)12)2-4(9)10;;;/h2*13H,1-2H2,(H,7,8)(H,9,10)(H,11,12);;;/q;;3*+2/p-6. The minimum atomic E-state index is -2.97. The first-order valence-corrected chi connectivity index (χ1v) is 6.23. The summed E-state index contributed by atoms with van der Waals surface area (Å²) < 4.78 is 0. The van der Waals surface area contributed by atoms with Gasteiger partial charge in [-0.2, -0.15) is 0 Å². The van der Waals surface area contributed by atoms with E-state index in [1.165, 1.54) is 0 Å². The van der Waals surface area contributed by atoms with Crippen molar-refractivity contribution in [3.8, 4) is 0 Å². The maximum absolute atomic E-state index is 10.1. The van der Waals surface area contributed by atoms with Gasteiger partial charge in [0.05, 0.1) is 11.9 Å². The molecule has 0 radical (unpaired) electrons. The number of carbonyl (C=O) groups excluding carboxylic acids is 6. The Kier molecular flexibility index (Phi) is 26.7. The zero-order valence-electron chi connectivity index (χ0n) is 14.7. The molecule has 148 valence electrons. The predicted octanol–water partition coefficient (Wildman–Crippen LogP) is -11.6. The molecule has 0 unspecified atom stereocenters. The molecule has 0 aromatic carbocycles. The second-order valence-corrected chi connectivity index (χ2v) is 4.83. The first-order valence-electron chi connectivity index (χ1n) is 6.23. The van der Waals surface area contributed by atoms with Gasteiger partial charge >= 0.3 is 147 Å². The predicted molar refractivity (Wildman–Crippen MR) is 75.7 cm³/mol. The van der Waals surface area contributed by atoms with Crippen LogP contribution in [-0.2, 0) is 28.8 Å². The maximum atomic E-state index is 10.1. The molecule has 0 aliphatic heterocycles. The first-order chi connectivity index (χ1) is 11.6. The summed E-state index contributed by atoms with van der Waals surface area (Å²) in [6.45, 7) is 0. The quantitative estimate of drug-likeness (QED) is 0.195. The zero-order chi connectivity index (χ0) is 21.3. The van der Waals surface area contributed by atoms with Crippen LogP contribution in [0.2, 0.25) is 0 Å². The van der Waals surface area contributed by atoms with E-state index in [0.717, 1.165) is 0 Å². The van der Waals surface area contributed by atoms with Crippen LogP contribution < -0.4 is 30.6 Å². The number of carbonyl (C=O) groups is 6. The van der Waals surface area contributed by atoms with E-state index in [2.05, 4.69) is 0 Å². The average Bonchev–Trinajstić information content (AvgIpc) is 2.34. The molecule has 0 spiro atoms. The van der Waals surface area contributed by atoms with Crippen LogP contribution in [0.4, 0.5) is 0 Å². The van der Waals surface area contributed by atoms with Gasteiger partial charge in [-0.3, -0.25) is 0 Å². The molecule has 0 bridgehead atoms. The Morgan fingerprint density at radius 2 is 0.621 bits per heavy atom. The van der Waals surface area contributed by atoms with Crippen molar-refractivity contribution in [3.63, 3.8) is 0 Å². The van der Waals surface area contributed by atoms with E-state index < -0.39 is 72.7 Å². The fourth-order valence-electron chi connectivity index (χ4n) is 1.37. The smallest absolute Gasteiger partial charge is 0.550 e. The first kappa shape index (κ1) is 40.8. The summed E-state index contributed by atoms with van der Waals surface area (Å²) in [4.78, 5) is 60.0. The van der Waals surface area contributed by atoms with Crippen LogP contribution in [0.1, 0.15) is 25.7 Å². The van der Waals surface area contributed by atoms with Gasteiger partial charge in [0.1, 0.15) is 11.2 Å². The minimum Gasteiger partial charge on any atom is -0.550 e. The molecule has 0 aliphatic carbocycles. The average molecular weight is 790 g/mol. The number of carboxylic acid groups (broad SMARTS) is 6. The van der Waals surface area contributed by atoms with Crippen LogP contribution in [0, 0.1) is 0 Å². The van der Waals surface area contributed by atoms with Gasteiger partial charge in [0, 0.05) is 49.6 Å². The van der Waals surface area contributed by atoms with Crippen molar-refractivity contribution in [1.82, 2.24) is 0 Å². The molecule has 0 rings (SSSR count). The molecule has 29 heavy (non-hydrogen) atoms. The van der Waals surface area contributed by atoms with Crippen molar-refractivity contribution in [3.05, 3.63) is 0 Å². The van der Waals surface area contributed by atoms with Crippen molar-refractivity contribution in [2.45, 2.75) is 36.9 Å². The van der Waals surface area contributed by atoms with E-state index in [-0.39, 0.29) is 147 Å². The van der Waals surface area contributed by atoms with Crippen LogP contribution in [0.5, 0.6) is 0 Å². The van der Waals surface area contributed by atoms with Gasteiger partial charge in [-0.25, -0.2) is 0 Å². The summed E-state index contributed by atoms with van der Waals surface area (Å²) in [6.07, 6.45) is -5.43. The van der Waals surface area contributed by atoms with Crippen molar-refractivity contribution in [2.24, 2.45) is 0 Å². The molecule has 0 saturated heterocycles. The van der Waals surface area contributed by atoms with E-state index in [4.69, 9.17) is 10.2 Å². The molecule has 0 aromatic rings. The normalized spacial score (nSPS) is 9.72. The number of hydrogen-bond donors (Lipinski definition) is 2. The Morgan fingerprint density at radius 1 is 0.483 bits per heavy atom. The molecular weight excluding hydrogens is 780 g/mol. The third-order valence-corrected chi connectivity index (χ3v) is 2.51. The fourth-order valence-corrected chi connectivity index (χ4v) is 1.37. The van der Waals surface area contributed by atoms with Crippen LogP contribution in [-0.4, -0.2) is 204 Å². The number of aliphatic hydroxyl groups is 2. The van der Waals surface area contributed by atoms with Gasteiger partial charge < -0.3 is 69.6 Å². The Bertz CT molecular complexity index is 521. The molecule has 0 saturated carbocycles. The Labute approximate surface area is 283 Å². The second-order valence-electron chi connectivity index (χ2n) is 4.83. The summed E-state index contributed by atoms with van der Waals surface area (Å²) in [6, 6.07) is 0. The van der Waals surface area contributed by atoms with Crippen molar-refractivity contribution >= 4 is 182 Å². The largest absolute Gasteiger partial charge is 2.00 e. The van der Waals surface area contributed by atoms with Crippen molar-refractivity contribution < 1.29 is 69.6 Å². The summed E-state index contributed by atoms with van der Waals surface area (Å²) in [5.41, 5.74) is -5.95. The topological polar surface area (TPSA) is 281 Å². The molecule has 0 heterocycles. The Hall–Kier alpha value is 1.45. The third kappa shape index (κ3) is 19.8. The minimum absolute atomic E-state index is 0. The number of rotatable bonds is 10. The SMILES string of the molecule is O=C([O-])CC(O)(CC(=O)[O-])C(=O)[O-].O=C([O-])CC(O)(CC(=O)[O-])C(=O)[O-].[Ba+2].[Ba+2].[Ba+2]. The van der Waals surface area contributed by atoms with Gasteiger partial charge in [-0.05, 0) is 0 Å². The van der Waals surface area contributed by atoms with Crippen LogP contribution >= 0.6 is 0 Å². The molecule has 0 aliphatic rings. The van der Waals surface area contributed by atoms with Crippen molar-refractivity contribution in [1.29, 1.82) is 0 Å². The fraction of sp³-hybridized carbons (Fsp3) is 0.500. The number of aliphatic carboxylic acids is 6. The van der Waals surface area contributed by atoms with Gasteiger partial charge in [-0.15, -0.1) is 0 Å². The summed E-state index contributed by atoms with van der Waals surface area (Å²) in [7, 11) is 0. The van der Waals surface area contributed by atoms with E-state index >= 15 is 0 Å². The maximum Gasteiger partial charge on any atom is 2.00 e. The molecule has 17 heteroatoms. The van der Waals surface area contributed by atoms with Crippen LogP contribution in [0.3, 0.4) is 0 Å². The summed E-state index contributed by atoms with van der Waals surface area (Å²) in [5, 5.41) is 77.9. The summed E-state index contributed by atoms with van der Waals surface area (Å²) >= 11 is 0. The van der Waals surface area contributed by atoms with E-state index in [1.54, 1.807) is 0 Å². The molecular formula is C12H10Ba3O14. The molecule has 0 amide bonds. The van der Waals surface area contributed by atoms with Crippen LogP contribution in [0.15, 0.2) is 0 Å². The van der Waals surface area contributed by atoms with E-state index in [0.29, 0.717) is 0 Å². The van der Waals surface area contributed by atoms with E-state index in [1.807, 2.05) is 0 Å². The molecule has 0 aromatic heterocycles. The summed E-state index contributed by atoms with van der Waals surface area (Å²) in [5.74, 6) is -12.0. The molecule has 0 atom stereocenters. The Morgan fingerprint density at radius 3 is 0.690 bits per heavy atom. The van der Waals surface area contributed by atoms with Gasteiger partial charge in [-0.1, -0.05) is 0 Å². The molecule has 0 fully saturated rings. The zero-order valence-corrected chi connectivity index (χ0v) is 28.1. The third-order valence-electron chi connectivity index (χ3n) is 2.51. The van der Waals surface area contributed by atoms with Crippen LogP contribution in [0.25, 0.3) is 0 Å². The second kappa shape index (κ2) is 19.0. The molecule has 2 N–H and O–H groups in total.